The summed E-state index contributed by atoms with van der Waals surface area (Å²) in [5, 5.41) is 7.60. The highest BCUT2D eigenvalue weighted by atomic mass is 16.5. The van der Waals surface area contributed by atoms with Gasteiger partial charge in [-0.25, -0.2) is 0 Å². The number of aromatic nitrogens is 2. The van der Waals surface area contributed by atoms with Crippen molar-refractivity contribution in [1.82, 2.24) is 9.78 Å². The fourth-order valence-electron chi connectivity index (χ4n) is 1.93. The molecule has 1 heterocycles. The number of hydrogen-bond acceptors (Lipinski definition) is 4. The Morgan fingerprint density at radius 1 is 1.25 bits per heavy atom. The van der Waals surface area contributed by atoms with Gasteiger partial charge in [0, 0.05) is 36.6 Å². The van der Waals surface area contributed by atoms with Crippen LogP contribution in [0.5, 0.6) is 11.5 Å². The highest BCUT2D eigenvalue weighted by molar-refractivity contribution is 5.54. The molecular formula is C15H21N3O2. The average molecular weight is 275 g/mol. The zero-order valence-corrected chi connectivity index (χ0v) is 12.2. The Morgan fingerprint density at radius 2 is 2.10 bits per heavy atom. The lowest BCUT2D eigenvalue weighted by atomic mass is 10.2. The van der Waals surface area contributed by atoms with E-state index in [1.807, 2.05) is 42.2 Å². The van der Waals surface area contributed by atoms with Gasteiger partial charge in [-0.1, -0.05) is 0 Å². The van der Waals surface area contributed by atoms with Gasteiger partial charge in [-0.05, 0) is 26.0 Å². The van der Waals surface area contributed by atoms with Gasteiger partial charge >= 0.3 is 0 Å². The molecule has 5 heteroatoms. The summed E-state index contributed by atoms with van der Waals surface area (Å²) in [5.74, 6) is 1.50. The first-order valence-corrected chi connectivity index (χ1v) is 6.82. The van der Waals surface area contributed by atoms with Gasteiger partial charge in [0.1, 0.15) is 0 Å². The molecule has 0 unspecified atom stereocenters. The molecule has 0 aliphatic carbocycles. The Hall–Kier alpha value is -2.17. The number of rotatable bonds is 7. The van der Waals surface area contributed by atoms with Crippen LogP contribution < -0.4 is 14.8 Å². The number of ether oxygens (including phenoxy) is 2. The van der Waals surface area contributed by atoms with Gasteiger partial charge in [-0.2, -0.15) is 5.10 Å². The number of hydrogen-bond donors (Lipinski definition) is 1. The molecule has 1 aromatic carbocycles. The van der Waals surface area contributed by atoms with Crippen LogP contribution in [0, 0.1) is 0 Å². The molecule has 0 radical (unpaired) electrons. The van der Waals surface area contributed by atoms with Crippen LogP contribution >= 0.6 is 0 Å². The first-order valence-electron chi connectivity index (χ1n) is 6.82. The van der Waals surface area contributed by atoms with Crippen molar-refractivity contribution in [2.75, 3.05) is 19.0 Å². The van der Waals surface area contributed by atoms with E-state index in [1.165, 1.54) is 0 Å². The molecule has 2 aromatic rings. The molecule has 0 atom stereocenters. The Kier molecular flexibility index (Phi) is 4.87. The zero-order valence-electron chi connectivity index (χ0n) is 12.2. The van der Waals surface area contributed by atoms with Gasteiger partial charge in [-0.3, -0.25) is 4.68 Å². The summed E-state index contributed by atoms with van der Waals surface area (Å²) in [7, 11) is 1.65. The van der Waals surface area contributed by atoms with Gasteiger partial charge in [-0.15, -0.1) is 0 Å². The van der Waals surface area contributed by atoms with E-state index in [0.717, 1.165) is 35.8 Å². The maximum absolute atomic E-state index is 5.50. The van der Waals surface area contributed by atoms with Crippen molar-refractivity contribution in [3.8, 4) is 11.5 Å². The molecule has 2 rings (SSSR count). The lowest BCUT2D eigenvalue weighted by molar-refractivity contribution is 0.311. The number of anilines is 1. The normalized spacial score (nSPS) is 10.3. The van der Waals surface area contributed by atoms with Crippen LogP contribution in [-0.4, -0.2) is 23.5 Å². The highest BCUT2D eigenvalue weighted by Gasteiger charge is 2.05. The van der Waals surface area contributed by atoms with Crippen LogP contribution in [-0.2, 0) is 13.1 Å². The monoisotopic (exact) mass is 275 g/mol. The van der Waals surface area contributed by atoms with Crippen LogP contribution in [0.1, 0.15) is 19.4 Å². The minimum atomic E-state index is 0.624. The van der Waals surface area contributed by atoms with E-state index >= 15 is 0 Å². The standard InChI is InChI=1S/C15H21N3O2/c1-4-18-11-12(10-17-18)9-16-13-6-7-14(20-5-2)15(8-13)19-3/h6-8,10-11,16H,4-5,9H2,1-3H3. The molecule has 0 aliphatic heterocycles. The van der Waals surface area contributed by atoms with Crippen molar-refractivity contribution in [2.24, 2.45) is 0 Å². The van der Waals surface area contributed by atoms with E-state index in [4.69, 9.17) is 9.47 Å². The van der Waals surface area contributed by atoms with Gasteiger partial charge in [0.2, 0.25) is 0 Å². The lowest BCUT2D eigenvalue weighted by Crippen LogP contribution is -2.00. The quantitative estimate of drug-likeness (QED) is 0.844. The maximum Gasteiger partial charge on any atom is 0.162 e. The van der Waals surface area contributed by atoms with E-state index in [9.17, 15) is 0 Å². The van der Waals surface area contributed by atoms with Crippen LogP contribution in [0.4, 0.5) is 5.69 Å². The highest BCUT2D eigenvalue weighted by Crippen LogP contribution is 2.30. The van der Waals surface area contributed by atoms with Crippen LogP contribution in [0.3, 0.4) is 0 Å². The molecule has 0 bridgehead atoms. The van der Waals surface area contributed by atoms with E-state index in [-0.39, 0.29) is 0 Å². The summed E-state index contributed by atoms with van der Waals surface area (Å²) in [4.78, 5) is 0. The molecule has 0 saturated heterocycles. The summed E-state index contributed by atoms with van der Waals surface area (Å²) < 4.78 is 12.7. The first-order chi connectivity index (χ1) is 9.76. The fourth-order valence-corrected chi connectivity index (χ4v) is 1.93. The summed E-state index contributed by atoms with van der Waals surface area (Å²) in [5.41, 5.74) is 2.15. The van der Waals surface area contributed by atoms with Gasteiger partial charge < -0.3 is 14.8 Å². The molecule has 0 aliphatic rings. The second kappa shape index (κ2) is 6.84. The topological polar surface area (TPSA) is 48.3 Å². The minimum absolute atomic E-state index is 0.624. The van der Waals surface area contributed by atoms with Crippen molar-refractivity contribution >= 4 is 5.69 Å². The van der Waals surface area contributed by atoms with Crippen molar-refractivity contribution < 1.29 is 9.47 Å². The van der Waals surface area contributed by atoms with E-state index < -0.39 is 0 Å². The third-order valence-electron chi connectivity index (χ3n) is 2.97. The van der Waals surface area contributed by atoms with Crippen molar-refractivity contribution in [3.63, 3.8) is 0 Å². The van der Waals surface area contributed by atoms with Crippen molar-refractivity contribution in [2.45, 2.75) is 26.9 Å². The molecule has 20 heavy (non-hydrogen) atoms. The smallest absolute Gasteiger partial charge is 0.162 e. The molecule has 0 spiro atoms. The number of nitrogens with zero attached hydrogens (tertiary/aromatic N) is 2. The lowest BCUT2D eigenvalue weighted by Gasteiger charge is -2.11. The molecular weight excluding hydrogens is 254 g/mol. The first kappa shape index (κ1) is 14.2. The third-order valence-corrected chi connectivity index (χ3v) is 2.97. The second-order valence-corrected chi connectivity index (χ2v) is 4.36. The molecule has 0 saturated carbocycles. The predicted octanol–water partition coefficient (Wildman–Crippen LogP) is 2.92. The average Bonchev–Trinajstić information content (AvgIpc) is 2.94. The SMILES string of the molecule is CCOc1ccc(NCc2cnn(CC)c2)cc1OC. The zero-order chi connectivity index (χ0) is 14.4. The number of benzene rings is 1. The van der Waals surface area contributed by atoms with Crippen LogP contribution in [0.25, 0.3) is 0 Å². The number of nitrogens with one attached hydrogen (secondary N) is 1. The third kappa shape index (κ3) is 3.44. The van der Waals surface area contributed by atoms with E-state index in [0.29, 0.717) is 6.61 Å². The Labute approximate surface area is 119 Å². The molecule has 1 aromatic heterocycles. The molecule has 108 valence electrons. The number of methoxy groups -OCH3 is 1. The van der Waals surface area contributed by atoms with Gasteiger partial charge in [0.25, 0.3) is 0 Å². The summed E-state index contributed by atoms with van der Waals surface area (Å²) in [6.45, 7) is 6.27. The molecule has 0 amide bonds. The summed E-state index contributed by atoms with van der Waals surface area (Å²) >= 11 is 0. The summed E-state index contributed by atoms with van der Waals surface area (Å²) in [6, 6.07) is 5.84. The fraction of sp³-hybridized carbons (Fsp3) is 0.400. The van der Waals surface area contributed by atoms with Gasteiger partial charge in [0.05, 0.1) is 19.9 Å². The minimum Gasteiger partial charge on any atom is -0.493 e. The Bertz CT molecular complexity index is 552. The van der Waals surface area contributed by atoms with Crippen molar-refractivity contribution in [3.05, 3.63) is 36.2 Å². The molecule has 1 N–H and O–H groups in total. The summed E-state index contributed by atoms with van der Waals surface area (Å²) in [6.07, 6.45) is 3.92. The molecule has 5 nitrogen and oxygen atoms in total. The van der Waals surface area contributed by atoms with Crippen molar-refractivity contribution in [1.29, 1.82) is 0 Å². The molecule has 0 fully saturated rings. The van der Waals surface area contributed by atoms with Crippen LogP contribution in [0.2, 0.25) is 0 Å². The largest absolute Gasteiger partial charge is 0.493 e. The van der Waals surface area contributed by atoms with Crippen LogP contribution in [0.15, 0.2) is 30.6 Å². The second-order valence-electron chi connectivity index (χ2n) is 4.36. The van der Waals surface area contributed by atoms with E-state index in [1.54, 1.807) is 7.11 Å². The predicted molar refractivity (Wildman–Crippen MR) is 79.4 cm³/mol. The Morgan fingerprint density at radius 3 is 2.75 bits per heavy atom. The maximum atomic E-state index is 5.50. The Balaban J connectivity index is 2.02. The van der Waals surface area contributed by atoms with Gasteiger partial charge in [0.15, 0.2) is 11.5 Å². The number of aryl methyl sites for hydroxylation is 1. The van der Waals surface area contributed by atoms with E-state index in [2.05, 4.69) is 17.3 Å².